The van der Waals surface area contributed by atoms with Gasteiger partial charge in [0, 0.05) is 6.54 Å². The van der Waals surface area contributed by atoms with E-state index in [4.69, 9.17) is 11.6 Å². The van der Waals surface area contributed by atoms with Gasteiger partial charge in [-0.2, -0.15) is 5.10 Å². The Balaban J connectivity index is 2.10. The first-order valence-corrected chi connectivity index (χ1v) is 7.51. The summed E-state index contributed by atoms with van der Waals surface area (Å²) >= 11 is 6.22. The molecular formula is C14H24ClN3O. The molecule has 0 amide bonds. The Labute approximate surface area is 120 Å². The van der Waals surface area contributed by atoms with E-state index in [9.17, 15) is 5.11 Å². The SMILES string of the molecule is CN(C)CCn1ncc(Cl)c1C(O)C1CCCCC1. The van der Waals surface area contributed by atoms with Gasteiger partial charge in [-0.05, 0) is 32.9 Å². The van der Waals surface area contributed by atoms with Crippen molar-refractivity contribution in [1.82, 2.24) is 14.7 Å². The van der Waals surface area contributed by atoms with Crippen molar-refractivity contribution in [2.24, 2.45) is 5.92 Å². The molecule has 1 unspecified atom stereocenters. The lowest BCUT2D eigenvalue weighted by Crippen LogP contribution is -2.24. The zero-order valence-corrected chi connectivity index (χ0v) is 12.6. The molecule has 1 aliphatic carbocycles. The van der Waals surface area contributed by atoms with E-state index in [2.05, 4.69) is 10.00 Å². The molecule has 1 atom stereocenters. The second kappa shape index (κ2) is 6.73. The van der Waals surface area contributed by atoms with Gasteiger partial charge in [-0.25, -0.2) is 0 Å². The second-order valence-electron chi connectivity index (χ2n) is 5.75. The minimum Gasteiger partial charge on any atom is -0.386 e. The van der Waals surface area contributed by atoms with Crippen LogP contribution in [-0.4, -0.2) is 40.4 Å². The molecule has 2 rings (SSSR count). The summed E-state index contributed by atoms with van der Waals surface area (Å²) < 4.78 is 1.86. The zero-order chi connectivity index (χ0) is 13.8. The summed E-state index contributed by atoms with van der Waals surface area (Å²) in [6.45, 7) is 1.65. The molecule has 1 aliphatic rings. The number of hydrogen-bond acceptors (Lipinski definition) is 3. The van der Waals surface area contributed by atoms with Crippen LogP contribution in [0.3, 0.4) is 0 Å². The van der Waals surface area contributed by atoms with Crippen LogP contribution in [0.15, 0.2) is 6.20 Å². The Hall–Kier alpha value is -0.580. The molecule has 5 heteroatoms. The first kappa shape index (κ1) is 14.8. The van der Waals surface area contributed by atoms with Crippen LogP contribution in [0.4, 0.5) is 0 Å². The van der Waals surface area contributed by atoms with Crippen LogP contribution in [0.2, 0.25) is 5.02 Å². The number of nitrogens with zero attached hydrogens (tertiary/aromatic N) is 3. The summed E-state index contributed by atoms with van der Waals surface area (Å²) in [4.78, 5) is 2.10. The molecule has 108 valence electrons. The van der Waals surface area contributed by atoms with Crippen LogP contribution in [0.5, 0.6) is 0 Å². The second-order valence-corrected chi connectivity index (χ2v) is 6.15. The predicted octanol–water partition coefficient (Wildman–Crippen LogP) is 2.71. The summed E-state index contributed by atoms with van der Waals surface area (Å²) in [7, 11) is 4.06. The Morgan fingerprint density at radius 1 is 1.42 bits per heavy atom. The molecule has 1 saturated carbocycles. The van der Waals surface area contributed by atoms with Gasteiger partial charge < -0.3 is 10.0 Å². The van der Waals surface area contributed by atoms with E-state index in [-0.39, 0.29) is 0 Å². The highest BCUT2D eigenvalue weighted by molar-refractivity contribution is 6.31. The monoisotopic (exact) mass is 285 g/mol. The van der Waals surface area contributed by atoms with Crippen LogP contribution in [0.25, 0.3) is 0 Å². The lowest BCUT2D eigenvalue weighted by molar-refractivity contribution is 0.0763. The van der Waals surface area contributed by atoms with Gasteiger partial charge in [0.15, 0.2) is 0 Å². The summed E-state index contributed by atoms with van der Waals surface area (Å²) in [5.41, 5.74) is 0.801. The van der Waals surface area contributed by atoms with Gasteiger partial charge in [0.25, 0.3) is 0 Å². The number of aliphatic hydroxyl groups excluding tert-OH is 1. The number of hydrogen-bond donors (Lipinski definition) is 1. The number of rotatable bonds is 5. The molecule has 1 heterocycles. The Kier molecular flexibility index (Phi) is 5.25. The normalized spacial score (nSPS) is 19.0. The first-order valence-electron chi connectivity index (χ1n) is 7.13. The quantitative estimate of drug-likeness (QED) is 0.904. The van der Waals surface area contributed by atoms with Crippen molar-refractivity contribution in [3.8, 4) is 0 Å². The maximum absolute atomic E-state index is 10.6. The molecule has 1 aromatic rings. The van der Waals surface area contributed by atoms with Crippen LogP contribution < -0.4 is 0 Å². The smallest absolute Gasteiger partial charge is 0.0999 e. The third-order valence-corrected chi connectivity index (χ3v) is 4.26. The molecule has 0 bridgehead atoms. The molecular weight excluding hydrogens is 262 g/mol. The fourth-order valence-electron chi connectivity index (χ4n) is 2.81. The standard InChI is InChI=1S/C14H24ClN3O/c1-17(2)8-9-18-13(12(15)10-16-18)14(19)11-6-4-3-5-7-11/h10-11,14,19H,3-9H2,1-2H3. The van der Waals surface area contributed by atoms with Gasteiger partial charge >= 0.3 is 0 Å². The average molecular weight is 286 g/mol. The number of aromatic nitrogens is 2. The summed E-state index contributed by atoms with van der Waals surface area (Å²) in [5.74, 6) is 0.334. The topological polar surface area (TPSA) is 41.3 Å². The summed E-state index contributed by atoms with van der Waals surface area (Å²) in [5, 5.41) is 15.5. The molecule has 0 saturated heterocycles. The van der Waals surface area contributed by atoms with Gasteiger partial charge in [0.05, 0.1) is 29.6 Å². The Bertz CT molecular complexity index is 399. The van der Waals surface area contributed by atoms with E-state index in [0.29, 0.717) is 10.9 Å². The highest BCUT2D eigenvalue weighted by Gasteiger charge is 2.27. The lowest BCUT2D eigenvalue weighted by Gasteiger charge is -2.27. The number of aliphatic hydroxyl groups is 1. The van der Waals surface area contributed by atoms with Crippen molar-refractivity contribution in [2.75, 3.05) is 20.6 Å². The highest BCUT2D eigenvalue weighted by atomic mass is 35.5. The highest BCUT2D eigenvalue weighted by Crippen LogP contribution is 2.36. The average Bonchev–Trinajstić information content (AvgIpc) is 2.78. The molecule has 0 radical (unpaired) electrons. The summed E-state index contributed by atoms with van der Waals surface area (Å²) in [6.07, 6.45) is 7.08. The van der Waals surface area contributed by atoms with Crippen molar-refractivity contribution in [3.63, 3.8) is 0 Å². The molecule has 0 aliphatic heterocycles. The minimum absolute atomic E-state index is 0.334. The van der Waals surface area contributed by atoms with Gasteiger partial charge in [-0.15, -0.1) is 0 Å². The molecule has 1 aromatic heterocycles. The van der Waals surface area contributed by atoms with E-state index in [1.165, 1.54) is 19.3 Å². The van der Waals surface area contributed by atoms with E-state index < -0.39 is 6.10 Å². The first-order chi connectivity index (χ1) is 9.09. The van der Waals surface area contributed by atoms with Gasteiger partial charge in [0.1, 0.15) is 0 Å². The molecule has 1 fully saturated rings. The Morgan fingerprint density at radius 3 is 2.74 bits per heavy atom. The maximum atomic E-state index is 10.6. The van der Waals surface area contributed by atoms with Gasteiger partial charge in [-0.3, -0.25) is 4.68 Å². The zero-order valence-electron chi connectivity index (χ0n) is 11.8. The van der Waals surface area contributed by atoms with Crippen molar-refractivity contribution >= 4 is 11.6 Å². The van der Waals surface area contributed by atoms with Crippen molar-refractivity contribution in [2.45, 2.75) is 44.8 Å². The largest absolute Gasteiger partial charge is 0.386 e. The van der Waals surface area contributed by atoms with E-state index >= 15 is 0 Å². The van der Waals surface area contributed by atoms with E-state index in [1.54, 1.807) is 6.20 Å². The molecule has 1 N–H and O–H groups in total. The summed E-state index contributed by atoms with van der Waals surface area (Å²) in [6, 6.07) is 0. The van der Waals surface area contributed by atoms with Crippen LogP contribution in [-0.2, 0) is 6.54 Å². The number of halogens is 1. The van der Waals surface area contributed by atoms with Crippen molar-refractivity contribution in [3.05, 3.63) is 16.9 Å². The Morgan fingerprint density at radius 2 is 2.11 bits per heavy atom. The number of likely N-dealkylation sites (N-methyl/N-ethyl adjacent to an activating group) is 1. The molecule has 4 nitrogen and oxygen atoms in total. The van der Waals surface area contributed by atoms with Gasteiger partial charge in [-0.1, -0.05) is 30.9 Å². The third-order valence-electron chi connectivity index (χ3n) is 3.97. The molecule has 19 heavy (non-hydrogen) atoms. The minimum atomic E-state index is -0.475. The maximum Gasteiger partial charge on any atom is 0.0999 e. The van der Waals surface area contributed by atoms with Crippen LogP contribution in [0.1, 0.15) is 43.9 Å². The molecule has 0 aromatic carbocycles. The van der Waals surface area contributed by atoms with Gasteiger partial charge in [0.2, 0.25) is 0 Å². The predicted molar refractivity (Wildman–Crippen MR) is 77.3 cm³/mol. The molecule has 0 spiro atoms. The van der Waals surface area contributed by atoms with E-state index in [1.807, 2.05) is 18.8 Å². The fourth-order valence-corrected chi connectivity index (χ4v) is 3.07. The third kappa shape index (κ3) is 3.71. The fraction of sp³-hybridized carbons (Fsp3) is 0.786. The van der Waals surface area contributed by atoms with Crippen molar-refractivity contribution < 1.29 is 5.11 Å². The van der Waals surface area contributed by atoms with E-state index in [0.717, 1.165) is 31.6 Å². The van der Waals surface area contributed by atoms with Crippen molar-refractivity contribution in [1.29, 1.82) is 0 Å². The van der Waals surface area contributed by atoms with Crippen LogP contribution >= 0.6 is 11.6 Å². The van der Waals surface area contributed by atoms with Crippen LogP contribution in [0, 0.1) is 5.92 Å². The lowest BCUT2D eigenvalue weighted by atomic mass is 9.84.